The molecule has 6 heteroatoms. The van der Waals surface area contributed by atoms with Crippen molar-refractivity contribution in [1.82, 2.24) is 4.98 Å². The van der Waals surface area contributed by atoms with Gasteiger partial charge in [-0.05, 0) is 44.0 Å². The van der Waals surface area contributed by atoms with Crippen LogP contribution in [0.2, 0.25) is 0 Å². The largest absolute Gasteiger partial charge is 0.380 e. The van der Waals surface area contributed by atoms with Gasteiger partial charge in [0.1, 0.15) is 6.07 Å². The Balaban J connectivity index is 1.57. The van der Waals surface area contributed by atoms with E-state index in [1.54, 1.807) is 18.5 Å². The molecular formula is C20H23N5O. The van der Waals surface area contributed by atoms with Gasteiger partial charge in [-0.3, -0.25) is 9.78 Å². The van der Waals surface area contributed by atoms with Gasteiger partial charge in [-0.15, -0.1) is 0 Å². The SMILES string of the molecule is C[C@H](CC(=O)Nc1cccc(N2CCCC2)c1)Nc1cnccc1C#N. The lowest BCUT2D eigenvalue weighted by Crippen LogP contribution is -2.24. The Bertz CT molecular complexity index is 808. The highest BCUT2D eigenvalue weighted by Gasteiger charge is 2.14. The molecule has 0 saturated carbocycles. The Morgan fingerprint density at radius 3 is 2.92 bits per heavy atom. The van der Waals surface area contributed by atoms with E-state index in [4.69, 9.17) is 5.26 Å². The molecule has 1 fully saturated rings. The Morgan fingerprint density at radius 2 is 2.15 bits per heavy atom. The van der Waals surface area contributed by atoms with Crippen LogP contribution in [0.1, 0.15) is 31.7 Å². The average molecular weight is 349 g/mol. The molecule has 0 aliphatic carbocycles. The van der Waals surface area contributed by atoms with Gasteiger partial charge < -0.3 is 15.5 Å². The number of carbonyl (C=O) groups excluding carboxylic acids is 1. The number of hydrogen-bond acceptors (Lipinski definition) is 5. The Hall–Kier alpha value is -3.07. The molecule has 0 radical (unpaired) electrons. The molecule has 0 spiro atoms. The smallest absolute Gasteiger partial charge is 0.226 e. The van der Waals surface area contributed by atoms with Crippen LogP contribution in [0.4, 0.5) is 17.1 Å². The van der Waals surface area contributed by atoms with Crippen molar-refractivity contribution in [3.63, 3.8) is 0 Å². The van der Waals surface area contributed by atoms with E-state index in [2.05, 4.69) is 32.7 Å². The maximum absolute atomic E-state index is 12.4. The van der Waals surface area contributed by atoms with E-state index >= 15 is 0 Å². The number of carbonyl (C=O) groups is 1. The van der Waals surface area contributed by atoms with Gasteiger partial charge >= 0.3 is 0 Å². The summed E-state index contributed by atoms with van der Waals surface area (Å²) in [6.07, 6.45) is 5.92. The van der Waals surface area contributed by atoms with E-state index in [1.807, 2.05) is 25.1 Å². The van der Waals surface area contributed by atoms with Crippen molar-refractivity contribution in [2.24, 2.45) is 0 Å². The molecule has 0 unspecified atom stereocenters. The van der Waals surface area contributed by atoms with Gasteiger partial charge in [-0.25, -0.2) is 0 Å². The third-order valence-corrected chi connectivity index (χ3v) is 4.44. The molecule has 2 aromatic rings. The molecule has 134 valence electrons. The quantitative estimate of drug-likeness (QED) is 0.835. The van der Waals surface area contributed by atoms with Crippen LogP contribution in [-0.2, 0) is 4.79 Å². The lowest BCUT2D eigenvalue weighted by Gasteiger charge is -2.19. The van der Waals surface area contributed by atoms with Crippen molar-refractivity contribution in [1.29, 1.82) is 5.26 Å². The van der Waals surface area contributed by atoms with Crippen molar-refractivity contribution in [3.8, 4) is 6.07 Å². The second-order valence-corrected chi connectivity index (χ2v) is 6.58. The van der Waals surface area contributed by atoms with Gasteiger partial charge in [0.15, 0.2) is 0 Å². The third-order valence-electron chi connectivity index (χ3n) is 4.44. The number of nitrogens with zero attached hydrogens (tertiary/aromatic N) is 3. The Labute approximate surface area is 153 Å². The zero-order valence-corrected chi connectivity index (χ0v) is 14.9. The molecule has 0 bridgehead atoms. The highest BCUT2D eigenvalue weighted by atomic mass is 16.1. The number of pyridine rings is 1. The van der Waals surface area contributed by atoms with Crippen molar-refractivity contribution in [2.75, 3.05) is 28.6 Å². The summed E-state index contributed by atoms with van der Waals surface area (Å²) in [4.78, 5) is 18.7. The fraction of sp³-hybridized carbons (Fsp3) is 0.350. The topological polar surface area (TPSA) is 81.1 Å². The fourth-order valence-electron chi connectivity index (χ4n) is 3.17. The van der Waals surface area contributed by atoms with Gasteiger partial charge in [0.05, 0.1) is 17.4 Å². The molecule has 1 aromatic heterocycles. The number of aromatic nitrogens is 1. The number of hydrogen-bond donors (Lipinski definition) is 2. The molecule has 3 rings (SSSR count). The first-order valence-electron chi connectivity index (χ1n) is 8.91. The summed E-state index contributed by atoms with van der Waals surface area (Å²) >= 11 is 0. The zero-order valence-electron chi connectivity index (χ0n) is 14.9. The summed E-state index contributed by atoms with van der Waals surface area (Å²) < 4.78 is 0. The molecule has 1 atom stereocenters. The molecule has 1 aromatic carbocycles. The molecule has 26 heavy (non-hydrogen) atoms. The number of anilines is 3. The fourth-order valence-corrected chi connectivity index (χ4v) is 3.17. The van der Waals surface area contributed by atoms with Crippen molar-refractivity contribution in [2.45, 2.75) is 32.2 Å². The standard InChI is InChI=1S/C20H23N5O/c1-15(23-19-14-22-8-7-16(19)13-21)11-20(26)24-17-5-4-6-18(12-17)25-9-2-3-10-25/h4-8,12,14-15,23H,2-3,9-11H2,1H3,(H,24,26)/t15-/m1/s1. The summed E-state index contributed by atoms with van der Waals surface area (Å²) in [5.74, 6) is -0.0639. The van der Waals surface area contributed by atoms with Crippen LogP contribution >= 0.6 is 0 Å². The molecular weight excluding hydrogens is 326 g/mol. The van der Waals surface area contributed by atoms with E-state index in [0.29, 0.717) is 17.7 Å². The normalized spacial score (nSPS) is 14.5. The summed E-state index contributed by atoms with van der Waals surface area (Å²) in [7, 11) is 0. The monoisotopic (exact) mass is 349 g/mol. The van der Waals surface area contributed by atoms with Gasteiger partial charge in [-0.1, -0.05) is 6.07 Å². The maximum atomic E-state index is 12.4. The minimum absolute atomic E-state index is 0.0639. The first kappa shape index (κ1) is 17.7. The van der Waals surface area contributed by atoms with Crippen LogP contribution in [-0.4, -0.2) is 30.0 Å². The average Bonchev–Trinajstić information content (AvgIpc) is 3.17. The molecule has 1 saturated heterocycles. The summed E-state index contributed by atoms with van der Waals surface area (Å²) in [6.45, 7) is 4.06. The first-order valence-corrected chi connectivity index (χ1v) is 8.91. The molecule has 2 N–H and O–H groups in total. The summed E-state index contributed by atoms with van der Waals surface area (Å²) in [5, 5.41) is 15.3. The number of rotatable bonds is 6. The predicted molar refractivity (Wildman–Crippen MR) is 103 cm³/mol. The van der Waals surface area contributed by atoms with Gasteiger partial charge in [-0.2, -0.15) is 5.26 Å². The van der Waals surface area contributed by atoms with Crippen LogP contribution in [0.3, 0.4) is 0 Å². The highest BCUT2D eigenvalue weighted by Crippen LogP contribution is 2.23. The molecule has 1 amide bonds. The lowest BCUT2D eigenvalue weighted by molar-refractivity contribution is -0.116. The summed E-state index contributed by atoms with van der Waals surface area (Å²) in [6, 6.07) is 11.6. The minimum atomic E-state index is -0.118. The number of benzene rings is 1. The Morgan fingerprint density at radius 1 is 1.35 bits per heavy atom. The van der Waals surface area contributed by atoms with E-state index in [-0.39, 0.29) is 11.9 Å². The van der Waals surface area contributed by atoms with Gasteiger partial charge in [0.2, 0.25) is 5.91 Å². The maximum Gasteiger partial charge on any atom is 0.226 e. The third kappa shape index (κ3) is 4.51. The first-order chi connectivity index (χ1) is 12.7. The molecule has 6 nitrogen and oxygen atoms in total. The lowest BCUT2D eigenvalue weighted by atomic mass is 10.1. The van der Waals surface area contributed by atoms with Crippen LogP contribution in [0, 0.1) is 11.3 Å². The van der Waals surface area contributed by atoms with E-state index in [9.17, 15) is 4.79 Å². The second kappa shape index (κ2) is 8.34. The van der Waals surface area contributed by atoms with Crippen molar-refractivity contribution >= 4 is 23.0 Å². The molecule has 1 aliphatic heterocycles. The molecule has 2 heterocycles. The molecule has 1 aliphatic rings. The van der Waals surface area contributed by atoms with Crippen LogP contribution in [0.5, 0.6) is 0 Å². The number of nitrogens with one attached hydrogen (secondary N) is 2. The second-order valence-electron chi connectivity index (χ2n) is 6.58. The van der Waals surface area contributed by atoms with Gasteiger partial charge in [0, 0.05) is 43.1 Å². The van der Waals surface area contributed by atoms with E-state index in [1.165, 1.54) is 12.8 Å². The van der Waals surface area contributed by atoms with Crippen molar-refractivity contribution < 1.29 is 4.79 Å². The van der Waals surface area contributed by atoms with Crippen LogP contribution in [0.25, 0.3) is 0 Å². The number of nitriles is 1. The summed E-state index contributed by atoms with van der Waals surface area (Å²) in [5.41, 5.74) is 3.13. The minimum Gasteiger partial charge on any atom is -0.380 e. The number of amides is 1. The van der Waals surface area contributed by atoms with Gasteiger partial charge in [0.25, 0.3) is 0 Å². The highest BCUT2D eigenvalue weighted by molar-refractivity contribution is 5.91. The zero-order chi connectivity index (χ0) is 18.4. The van der Waals surface area contributed by atoms with Crippen molar-refractivity contribution in [3.05, 3.63) is 48.3 Å². The van der Waals surface area contributed by atoms with Crippen LogP contribution < -0.4 is 15.5 Å². The van der Waals surface area contributed by atoms with E-state index < -0.39 is 0 Å². The van der Waals surface area contributed by atoms with E-state index in [0.717, 1.165) is 24.5 Å². The predicted octanol–water partition coefficient (Wildman–Crippen LogP) is 3.38. The van der Waals surface area contributed by atoms with Crippen LogP contribution in [0.15, 0.2) is 42.7 Å². The Kier molecular flexibility index (Phi) is 5.69.